The topological polar surface area (TPSA) is 89.2 Å². The Balaban J connectivity index is 1.95. The standard InChI is InChI=1S/C25H22ClNO6/c1-14-7-4-5-9-16(14)22-21(24(29)25(30)27(22)13-15-8-6-10-33-15)23(28)17-11-20(32-3)18(26)12-19(17)31-2/h4-12,22,28H,13H2,1-3H3/b23-21+. The number of aliphatic hydroxyl groups excluding tert-OH is 1. The molecule has 0 spiro atoms. The van der Waals surface area contributed by atoms with Crippen LogP contribution >= 0.6 is 11.6 Å². The van der Waals surface area contributed by atoms with Crippen LogP contribution < -0.4 is 9.47 Å². The van der Waals surface area contributed by atoms with Crippen LogP contribution in [0.4, 0.5) is 0 Å². The molecule has 3 aromatic rings. The van der Waals surface area contributed by atoms with Crippen molar-refractivity contribution in [2.45, 2.75) is 19.5 Å². The van der Waals surface area contributed by atoms with Crippen molar-refractivity contribution < 1.29 is 28.6 Å². The van der Waals surface area contributed by atoms with Gasteiger partial charge in [-0.3, -0.25) is 9.59 Å². The number of Topliss-reactive ketones (excluding diaryl/α,β-unsaturated/α-hetero) is 1. The molecular formula is C25H22ClNO6. The average molecular weight is 468 g/mol. The van der Waals surface area contributed by atoms with Crippen LogP contribution in [0.25, 0.3) is 5.76 Å². The lowest BCUT2D eigenvalue weighted by atomic mass is 9.92. The number of amides is 1. The highest BCUT2D eigenvalue weighted by molar-refractivity contribution is 6.46. The first kappa shape index (κ1) is 22.5. The molecule has 170 valence electrons. The number of likely N-dealkylation sites (tertiary alicyclic amines) is 1. The van der Waals surface area contributed by atoms with Crippen molar-refractivity contribution in [3.05, 3.63) is 87.8 Å². The van der Waals surface area contributed by atoms with Gasteiger partial charge in [-0.2, -0.15) is 0 Å². The number of carbonyl (C=O) groups is 2. The number of ketones is 1. The van der Waals surface area contributed by atoms with E-state index in [0.29, 0.717) is 11.3 Å². The predicted molar refractivity (Wildman–Crippen MR) is 122 cm³/mol. The molecule has 4 rings (SSSR count). The molecule has 1 aliphatic heterocycles. The van der Waals surface area contributed by atoms with Gasteiger partial charge in [0.15, 0.2) is 0 Å². The van der Waals surface area contributed by atoms with Crippen molar-refractivity contribution in [2.24, 2.45) is 0 Å². The maximum Gasteiger partial charge on any atom is 0.296 e. The lowest BCUT2D eigenvalue weighted by Crippen LogP contribution is -2.29. The molecular weight excluding hydrogens is 446 g/mol. The molecule has 1 aliphatic rings. The van der Waals surface area contributed by atoms with Crippen LogP contribution in [0.5, 0.6) is 11.5 Å². The Bertz CT molecular complexity index is 1250. The third kappa shape index (κ3) is 3.96. The molecule has 0 bridgehead atoms. The first-order chi connectivity index (χ1) is 15.9. The minimum atomic E-state index is -0.831. The quantitative estimate of drug-likeness (QED) is 0.316. The summed E-state index contributed by atoms with van der Waals surface area (Å²) in [6.07, 6.45) is 1.50. The Labute approximate surface area is 195 Å². The van der Waals surface area contributed by atoms with Crippen LogP contribution in [0.15, 0.2) is 64.8 Å². The molecule has 1 unspecified atom stereocenters. The van der Waals surface area contributed by atoms with Gasteiger partial charge in [0.25, 0.3) is 11.7 Å². The lowest BCUT2D eigenvalue weighted by Gasteiger charge is -2.26. The maximum atomic E-state index is 13.2. The van der Waals surface area contributed by atoms with Crippen molar-refractivity contribution in [2.75, 3.05) is 14.2 Å². The molecule has 0 radical (unpaired) electrons. The number of halogens is 1. The Morgan fingerprint density at radius 1 is 1.09 bits per heavy atom. The Morgan fingerprint density at radius 3 is 2.45 bits per heavy atom. The molecule has 0 saturated carbocycles. The van der Waals surface area contributed by atoms with Crippen LogP contribution in [-0.4, -0.2) is 35.9 Å². The van der Waals surface area contributed by atoms with Gasteiger partial charge < -0.3 is 23.9 Å². The number of carbonyl (C=O) groups excluding carboxylic acids is 2. The van der Waals surface area contributed by atoms with Gasteiger partial charge in [0.1, 0.15) is 23.0 Å². The molecule has 1 amide bonds. The fourth-order valence-electron chi connectivity index (χ4n) is 4.02. The van der Waals surface area contributed by atoms with E-state index in [9.17, 15) is 14.7 Å². The van der Waals surface area contributed by atoms with E-state index in [0.717, 1.165) is 5.56 Å². The molecule has 2 aromatic carbocycles. The number of hydrogen-bond acceptors (Lipinski definition) is 6. The number of benzene rings is 2. The third-order valence-corrected chi connectivity index (χ3v) is 5.95. The van der Waals surface area contributed by atoms with Gasteiger partial charge in [0, 0.05) is 6.07 Å². The van der Waals surface area contributed by atoms with Crippen LogP contribution in [0.2, 0.25) is 5.02 Å². The number of rotatable bonds is 6. The van der Waals surface area contributed by atoms with Crippen LogP contribution in [0.1, 0.15) is 28.5 Å². The summed E-state index contributed by atoms with van der Waals surface area (Å²) in [4.78, 5) is 27.8. The van der Waals surface area contributed by atoms with E-state index in [1.54, 1.807) is 12.1 Å². The second-order valence-electron chi connectivity index (χ2n) is 7.55. The minimum absolute atomic E-state index is 0.0523. The molecule has 1 N–H and O–H groups in total. The maximum absolute atomic E-state index is 13.2. The second kappa shape index (κ2) is 9.03. The molecule has 8 heteroatoms. The van der Waals surface area contributed by atoms with E-state index < -0.39 is 17.7 Å². The minimum Gasteiger partial charge on any atom is -0.507 e. The molecule has 1 saturated heterocycles. The number of aryl methyl sites for hydroxylation is 1. The predicted octanol–water partition coefficient (Wildman–Crippen LogP) is 4.88. The Morgan fingerprint density at radius 2 is 1.82 bits per heavy atom. The van der Waals surface area contributed by atoms with Gasteiger partial charge in [0.05, 0.1) is 49.2 Å². The zero-order chi connectivity index (χ0) is 23.7. The normalized spacial score (nSPS) is 17.5. The summed E-state index contributed by atoms with van der Waals surface area (Å²) in [5.41, 5.74) is 1.71. The van der Waals surface area contributed by atoms with Gasteiger partial charge in [-0.05, 0) is 36.2 Å². The van der Waals surface area contributed by atoms with Crippen molar-refractivity contribution in [1.82, 2.24) is 4.90 Å². The molecule has 33 heavy (non-hydrogen) atoms. The highest BCUT2D eigenvalue weighted by Gasteiger charge is 2.47. The molecule has 1 fully saturated rings. The number of aliphatic hydroxyl groups is 1. The van der Waals surface area contributed by atoms with Crippen LogP contribution in [-0.2, 0) is 16.1 Å². The van der Waals surface area contributed by atoms with Gasteiger partial charge >= 0.3 is 0 Å². The van der Waals surface area contributed by atoms with Crippen molar-refractivity contribution in [3.63, 3.8) is 0 Å². The SMILES string of the molecule is COc1cc(/C(O)=C2\C(=O)C(=O)N(Cc3ccco3)C2c2ccccc2C)c(OC)cc1Cl. The number of methoxy groups -OCH3 is 2. The number of furan rings is 1. The summed E-state index contributed by atoms with van der Waals surface area (Å²) < 4.78 is 16.1. The van der Waals surface area contributed by atoms with E-state index in [1.807, 2.05) is 31.2 Å². The van der Waals surface area contributed by atoms with E-state index in [4.69, 9.17) is 25.5 Å². The fourth-order valence-corrected chi connectivity index (χ4v) is 4.25. The van der Waals surface area contributed by atoms with E-state index in [-0.39, 0.29) is 40.0 Å². The molecule has 0 aliphatic carbocycles. The smallest absolute Gasteiger partial charge is 0.296 e. The number of hydrogen-bond donors (Lipinski definition) is 1. The first-order valence-corrected chi connectivity index (χ1v) is 10.5. The van der Waals surface area contributed by atoms with E-state index in [2.05, 4.69) is 0 Å². The third-order valence-electron chi connectivity index (χ3n) is 5.66. The molecule has 7 nitrogen and oxygen atoms in total. The molecule has 1 aromatic heterocycles. The summed E-state index contributed by atoms with van der Waals surface area (Å²) in [5.74, 6) is -0.878. The van der Waals surface area contributed by atoms with Crippen molar-refractivity contribution >= 4 is 29.1 Å². The van der Waals surface area contributed by atoms with Gasteiger partial charge in [-0.1, -0.05) is 35.9 Å². The van der Waals surface area contributed by atoms with Gasteiger partial charge in [0.2, 0.25) is 0 Å². The Hall–Kier alpha value is -3.71. The first-order valence-electron chi connectivity index (χ1n) is 10.2. The fraction of sp³-hybridized carbons (Fsp3) is 0.200. The second-order valence-corrected chi connectivity index (χ2v) is 7.96. The molecule has 2 heterocycles. The summed E-state index contributed by atoms with van der Waals surface area (Å²) in [6.45, 7) is 1.95. The van der Waals surface area contributed by atoms with Crippen molar-refractivity contribution in [1.29, 1.82) is 0 Å². The van der Waals surface area contributed by atoms with E-state index >= 15 is 0 Å². The molecule has 1 atom stereocenters. The highest BCUT2D eigenvalue weighted by Crippen LogP contribution is 2.44. The van der Waals surface area contributed by atoms with Crippen molar-refractivity contribution in [3.8, 4) is 11.5 Å². The summed E-state index contributed by atoms with van der Waals surface area (Å²) >= 11 is 6.20. The average Bonchev–Trinajstić information content (AvgIpc) is 3.41. The highest BCUT2D eigenvalue weighted by atomic mass is 35.5. The largest absolute Gasteiger partial charge is 0.507 e. The summed E-state index contributed by atoms with van der Waals surface area (Å²) in [6, 6.07) is 13.0. The zero-order valence-corrected chi connectivity index (χ0v) is 19.1. The number of nitrogens with zero attached hydrogens (tertiary/aromatic N) is 1. The summed E-state index contributed by atoms with van der Waals surface area (Å²) in [5, 5.41) is 11.7. The summed E-state index contributed by atoms with van der Waals surface area (Å²) in [7, 11) is 2.86. The number of ether oxygens (including phenoxy) is 2. The van der Waals surface area contributed by atoms with Crippen LogP contribution in [0, 0.1) is 6.92 Å². The van der Waals surface area contributed by atoms with Gasteiger partial charge in [-0.25, -0.2) is 0 Å². The Kier molecular flexibility index (Phi) is 6.16. The van der Waals surface area contributed by atoms with Gasteiger partial charge in [-0.15, -0.1) is 0 Å². The zero-order valence-electron chi connectivity index (χ0n) is 18.3. The van der Waals surface area contributed by atoms with E-state index in [1.165, 1.54) is 37.5 Å². The monoisotopic (exact) mass is 467 g/mol. The lowest BCUT2D eigenvalue weighted by molar-refractivity contribution is -0.140. The van der Waals surface area contributed by atoms with Crippen LogP contribution in [0.3, 0.4) is 0 Å².